The molecule has 4 rings (SSSR count). The molecule has 0 radical (unpaired) electrons. The summed E-state index contributed by atoms with van der Waals surface area (Å²) in [6, 6.07) is 9.37. The van der Waals surface area contributed by atoms with Gasteiger partial charge in [-0.1, -0.05) is 0 Å². The summed E-state index contributed by atoms with van der Waals surface area (Å²) in [5.41, 5.74) is 15.9. The Labute approximate surface area is 213 Å². The van der Waals surface area contributed by atoms with Crippen LogP contribution >= 0.6 is 0 Å². The number of hydrogen-bond donors (Lipinski definition) is 0. The Morgan fingerprint density at radius 3 is 1.32 bits per heavy atom. The maximum atomic E-state index is 2.58. The maximum absolute atomic E-state index is 2.58. The molecule has 2 aliphatic carbocycles. The second-order valence-corrected chi connectivity index (χ2v) is 12.7. The molecule has 2 aliphatic rings. The van der Waals surface area contributed by atoms with Crippen molar-refractivity contribution in [1.29, 1.82) is 0 Å². The zero-order valence-corrected chi connectivity index (χ0v) is 23.7. The van der Waals surface area contributed by atoms with Crippen LogP contribution in [0.4, 0.5) is 0 Å². The first-order chi connectivity index (χ1) is 14.0. The molecule has 2 aromatic carbocycles. The molecule has 2 atom stereocenters. The van der Waals surface area contributed by atoms with Crippen molar-refractivity contribution >= 4 is 12.2 Å². The van der Waals surface area contributed by atoms with E-state index in [1.165, 1.54) is 47.9 Å². The minimum Gasteiger partial charge on any atom is -1.00 e. The molecular formula is C28H34Cl2Zr. The predicted octanol–water partition coefficient (Wildman–Crippen LogP) is 2.19. The number of aryl methyl sites for hydroxylation is 4. The molecule has 0 saturated carbocycles. The molecule has 164 valence electrons. The number of allylic oxidation sites excluding steroid dienone is 2. The average Bonchev–Trinajstić information content (AvgIpc) is 3.24. The molecule has 0 heterocycles. The van der Waals surface area contributed by atoms with Gasteiger partial charge in [0.1, 0.15) is 0 Å². The van der Waals surface area contributed by atoms with Gasteiger partial charge in [0.25, 0.3) is 0 Å². The largest absolute Gasteiger partial charge is 1.00 e. The van der Waals surface area contributed by atoms with E-state index in [0.717, 1.165) is 7.25 Å². The van der Waals surface area contributed by atoms with Gasteiger partial charge >= 0.3 is 190 Å². The standard InChI is InChI=1S/2C14H17.2ClH.Zr/c2*1-4-5-12-8-13-10(2)6-7-11(3)14(13)9-12;;;/h2*6-9H,4-5H2,1-3H3;2*1H;/q;;;;+2/p-2. The SMILES string of the molecule is CCCC1=Cc2c(C)ccc(C)c2[CH]1[Zr+2][CH]1C(CCC)=Cc2c(C)ccc(C)c21.[Cl-].[Cl-]. The molecular weight excluding hydrogens is 498 g/mol. The van der Waals surface area contributed by atoms with Crippen molar-refractivity contribution in [3.05, 3.63) is 79.9 Å². The Balaban J connectivity index is 0.00000171. The van der Waals surface area contributed by atoms with E-state index in [9.17, 15) is 0 Å². The third kappa shape index (κ3) is 4.85. The summed E-state index contributed by atoms with van der Waals surface area (Å²) in [6.45, 7) is 14.0. The summed E-state index contributed by atoms with van der Waals surface area (Å²) >= 11 is -0.765. The second kappa shape index (κ2) is 11.0. The van der Waals surface area contributed by atoms with Gasteiger partial charge in [-0.2, -0.15) is 0 Å². The van der Waals surface area contributed by atoms with Crippen LogP contribution in [0, 0.1) is 27.7 Å². The van der Waals surface area contributed by atoms with Crippen LogP contribution in [0.2, 0.25) is 0 Å². The molecule has 0 bridgehead atoms. The summed E-state index contributed by atoms with van der Waals surface area (Å²) in [5, 5.41) is 0. The zero-order valence-electron chi connectivity index (χ0n) is 19.7. The average molecular weight is 533 g/mol. The maximum Gasteiger partial charge on any atom is -1.00 e. The molecule has 0 aliphatic heterocycles. The normalized spacial score (nSPS) is 18.3. The van der Waals surface area contributed by atoms with E-state index in [1.54, 1.807) is 33.4 Å². The molecule has 0 amide bonds. The molecule has 0 saturated heterocycles. The fourth-order valence-corrected chi connectivity index (χ4v) is 11.0. The number of fused-ring (bicyclic) bond motifs is 2. The third-order valence-corrected chi connectivity index (χ3v) is 11.7. The number of hydrogen-bond acceptors (Lipinski definition) is 0. The van der Waals surface area contributed by atoms with E-state index in [0.29, 0.717) is 0 Å². The fourth-order valence-electron chi connectivity index (χ4n) is 5.32. The van der Waals surface area contributed by atoms with Gasteiger partial charge in [0.2, 0.25) is 0 Å². The number of benzene rings is 2. The van der Waals surface area contributed by atoms with Gasteiger partial charge < -0.3 is 24.8 Å². The fraction of sp³-hybridized carbons (Fsp3) is 0.429. The smallest absolute Gasteiger partial charge is 1.00 e. The number of rotatable bonds is 6. The molecule has 2 aromatic rings. The van der Waals surface area contributed by atoms with Crippen molar-refractivity contribution in [2.75, 3.05) is 0 Å². The summed E-state index contributed by atoms with van der Waals surface area (Å²) < 4.78 is 1.48. The molecule has 2 unspecified atom stereocenters. The summed E-state index contributed by atoms with van der Waals surface area (Å²) in [5.74, 6) is 0. The van der Waals surface area contributed by atoms with Gasteiger partial charge in [0.15, 0.2) is 0 Å². The molecule has 0 N–H and O–H groups in total. The zero-order chi connectivity index (χ0) is 20.7. The van der Waals surface area contributed by atoms with Crippen LogP contribution in [0.25, 0.3) is 12.2 Å². The third-order valence-electron chi connectivity index (χ3n) is 6.84. The van der Waals surface area contributed by atoms with Crippen LogP contribution < -0.4 is 24.8 Å². The van der Waals surface area contributed by atoms with Gasteiger partial charge in [-0.15, -0.1) is 0 Å². The van der Waals surface area contributed by atoms with Crippen molar-refractivity contribution in [1.82, 2.24) is 0 Å². The van der Waals surface area contributed by atoms with E-state index < -0.39 is 23.2 Å². The molecule has 0 aromatic heterocycles. The monoisotopic (exact) mass is 530 g/mol. The Hall–Kier alpha value is -0.617. The topological polar surface area (TPSA) is 0 Å². The molecule has 0 spiro atoms. The van der Waals surface area contributed by atoms with E-state index in [4.69, 9.17) is 0 Å². The first-order valence-corrected chi connectivity index (χ1v) is 14.2. The molecule has 3 heteroatoms. The summed E-state index contributed by atoms with van der Waals surface area (Å²) in [6.07, 6.45) is 10.2. The summed E-state index contributed by atoms with van der Waals surface area (Å²) in [4.78, 5) is 0. The molecule has 0 nitrogen and oxygen atoms in total. The quantitative estimate of drug-likeness (QED) is 0.535. The van der Waals surface area contributed by atoms with Crippen LogP contribution in [0.5, 0.6) is 0 Å². The Morgan fingerprint density at radius 2 is 0.968 bits per heavy atom. The van der Waals surface area contributed by atoms with E-state index in [1.807, 2.05) is 0 Å². The molecule has 31 heavy (non-hydrogen) atoms. The van der Waals surface area contributed by atoms with Gasteiger partial charge in [0, 0.05) is 0 Å². The van der Waals surface area contributed by atoms with Gasteiger partial charge in [-0.3, -0.25) is 0 Å². The van der Waals surface area contributed by atoms with Crippen LogP contribution in [0.3, 0.4) is 0 Å². The Morgan fingerprint density at radius 1 is 0.613 bits per heavy atom. The van der Waals surface area contributed by atoms with E-state index >= 15 is 0 Å². The van der Waals surface area contributed by atoms with Crippen LogP contribution in [0.15, 0.2) is 35.4 Å². The second-order valence-electron chi connectivity index (χ2n) is 9.02. The number of halogens is 2. The van der Waals surface area contributed by atoms with Gasteiger partial charge in [0.05, 0.1) is 0 Å². The summed E-state index contributed by atoms with van der Waals surface area (Å²) in [7, 11) is 0. The first kappa shape index (κ1) is 26.6. The van der Waals surface area contributed by atoms with E-state index in [-0.39, 0.29) is 24.8 Å². The van der Waals surface area contributed by atoms with Crippen molar-refractivity contribution in [2.24, 2.45) is 0 Å². The Bertz CT molecular complexity index is 935. The van der Waals surface area contributed by atoms with Gasteiger partial charge in [-0.25, -0.2) is 0 Å². The van der Waals surface area contributed by atoms with Crippen LogP contribution in [-0.2, 0) is 23.2 Å². The van der Waals surface area contributed by atoms with Crippen molar-refractivity contribution in [2.45, 2.75) is 74.5 Å². The Kier molecular flexibility index (Phi) is 9.45. The van der Waals surface area contributed by atoms with Crippen LogP contribution in [-0.4, -0.2) is 0 Å². The minimum absolute atomic E-state index is 0. The van der Waals surface area contributed by atoms with Crippen LogP contribution in [0.1, 0.15) is 91.3 Å². The van der Waals surface area contributed by atoms with Crippen molar-refractivity contribution in [3.8, 4) is 0 Å². The van der Waals surface area contributed by atoms with Crippen molar-refractivity contribution < 1.29 is 48.0 Å². The van der Waals surface area contributed by atoms with E-state index in [2.05, 4.69) is 78.0 Å². The minimum atomic E-state index is -0.765. The predicted molar refractivity (Wildman–Crippen MR) is 123 cm³/mol. The van der Waals surface area contributed by atoms with Crippen molar-refractivity contribution in [3.63, 3.8) is 0 Å². The van der Waals surface area contributed by atoms with Gasteiger partial charge in [-0.05, 0) is 0 Å². The molecule has 0 fully saturated rings. The first-order valence-electron chi connectivity index (χ1n) is 11.3.